The number of imidazole rings is 1. The Bertz CT molecular complexity index is 644. The van der Waals surface area contributed by atoms with Crippen LogP contribution in [0.5, 0.6) is 0 Å². The van der Waals surface area contributed by atoms with E-state index in [1.165, 1.54) is 0 Å². The summed E-state index contributed by atoms with van der Waals surface area (Å²) in [5.41, 5.74) is 1.23. The Morgan fingerprint density at radius 1 is 1.50 bits per heavy atom. The van der Waals surface area contributed by atoms with Crippen LogP contribution in [0.25, 0.3) is 11.2 Å². The molecule has 0 aliphatic heterocycles. The highest BCUT2D eigenvalue weighted by Crippen LogP contribution is 2.23. The number of hydrogen-bond acceptors (Lipinski definition) is 2. The quantitative estimate of drug-likeness (QED) is 0.682. The van der Waals surface area contributed by atoms with Crippen molar-refractivity contribution in [3.05, 3.63) is 26.2 Å². The van der Waals surface area contributed by atoms with E-state index in [0.29, 0.717) is 27.3 Å². The van der Waals surface area contributed by atoms with Gasteiger partial charge in [0.25, 0.3) is 0 Å². The second-order valence-corrected chi connectivity index (χ2v) is 12.4. The maximum atomic E-state index is 11.9. The van der Waals surface area contributed by atoms with Gasteiger partial charge in [-0.25, -0.2) is 9.78 Å². The zero-order valence-corrected chi connectivity index (χ0v) is 13.9. The molecular formula is C11H15BrClN3OSi. The highest BCUT2D eigenvalue weighted by Gasteiger charge is 2.16. The third-order valence-electron chi connectivity index (χ3n) is 2.74. The molecule has 4 nitrogen and oxygen atoms in total. The van der Waals surface area contributed by atoms with Gasteiger partial charge >= 0.3 is 5.69 Å². The van der Waals surface area contributed by atoms with Crippen LogP contribution in [-0.2, 0) is 6.54 Å². The summed E-state index contributed by atoms with van der Waals surface area (Å²) >= 11 is 9.28. The van der Waals surface area contributed by atoms with E-state index in [0.717, 1.165) is 6.04 Å². The summed E-state index contributed by atoms with van der Waals surface area (Å²) in [7, 11) is -1.19. The van der Waals surface area contributed by atoms with Gasteiger partial charge in [-0.2, -0.15) is 0 Å². The minimum Gasteiger partial charge on any atom is -0.304 e. The van der Waals surface area contributed by atoms with Crippen molar-refractivity contribution in [3.8, 4) is 0 Å². The number of fused-ring (bicyclic) bond motifs is 1. The standard InChI is InChI=1S/C11H15BrClN3OSi/c1-18(2,3)5-4-16-10-8(14-11(16)17)6-7(12)9(13)15-10/h6H,4-5H2,1-3H3,(H,14,17). The molecule has 0 saturated carbocycles. The second kappa shape index (κ2) is 4.83. The molecule has 0 amide bonds. The Morgan fingerprint density at radius 3 is 2.78 bits per heavy atom. The van der Waals surface area contributed by atoms with Crippen LogP contribution in [0.15, 0.2) is 15.3 Å². The lowest BCUT2D eigenvalue weighted by molar-refractivity contribution is 0.735. The maximum absolute atomic E-state index is 11.9. The summed E-state index contributed by atoms with van der Waals surface area (Å²) in [6, 6.07) is 2.83. The predicted molar refractivity (Wildman–Crippen MR) is 81.2 cm³/mol. The topological polar surface area (TPSA) is 50.7 Å². The number of pyridine rings is 1. The van der Waals surface area contributed by atoms with Gasteiger partial charge < -0.3 is 4.98 Å². The van der Waals surface area contributed by atoms with Crippen LogP contribution in [0, 0.1) is 0 Å². The minimum absolute atomic E-state index is 0.120. The van der Waals surface area contributed by atoms with Crippen molar-refractivity contribution >= 4 is 46.8 Å². The van der Waals surface area contributed by atoms with Gasteiger partial charge in [0.1, 0.15) is 5.15 Å². The molecule has 1 N–H and O–H groups in total. The molecule has 0 unspecified atom stereocenters. The first-order valence-electron chi connectivity index (χ1n) is 5.72. The van der Waals surface area contributed by atoms with Gasteiger partial charge in [-0.15, -0.1) is 0 Å². The van der Waals surface area contributed by atoms with Gasteiger partial charge in [-0.3, -0.25) is 4.57 Å². The van der Waals surface area contributed by atoms with E-state index in [-0.39, 0.29) is 5.69 Å². The van der Waals surface area contributed by atoms with E-state index in [9.17, 15) is 4.79 Å². The smallest absolute Gasteiger partial charge is 0.304 e. The molecule has 0 aromatic carbocycles. The Labute approximate surface area is 120 Å². The second-order valence-electron chi connectivity index (χ2n) is 5.52. The van der Waals surface area contributed by atoms with Crippen molar-refractivity contribution in [2.75, 3.05) is 0 Å². The molecule has 7 heteroatoms. The summed E-state index contributed by atoms with van der Waals surface area (Å²) in [4.78, 5) is 19.0. The Kier molecular flexibility index (Phi) is 3.71. The molecular weight excluding hydrogens is 334 g/mol. The number of H-pyrrole nitrogens is 1. The van der Waals surface area contributed by atoms with Crippen molar-refractivity contribution in [1.82, 2.24) is 14.5 Å². The van der Waals surface area contributed by atoms with Crippen molar-refractivity contribution in [1.29, 1.82) is 0 Å². The van der Waals surface area contributed by atoms with Gasteiger partial charge in [-0.05, 0) is 28.0 Å². The van der Waals surface area contributed by atoms with Gasteiger partial charge in [0.05, 0.1) is 9.99 Å². The zero-order valence-electron chi connectivity index (χ0n) is 10.6. The lowest BCUT2D eigenvalue weighted by Crippen LogP contribution is -2.25. The fraction of sp³-hybridized carbons (Fsp3) is 0.455. The minimum atomic E-state index is -1.19. The number of hydrogen-bond donors (Lipinski definition) is 1. The lowest BCUT2D eigenvalue weighted by atomic mass is 10.4. The number of nitrogens with one attached hydrogen (secondary N) is 1. The van der Waals surface area contributed by atoms with Crippen molar-refractivity contribution < 1.29 is 0 Å². The summed E-state index contributed by atoms with van der Waals surface area (Å²) in [6.45, 7) is 7.54. The molecule has 0 aliphatic rings. The first-order valence-corrected chi connectivity index (χ1v) is 10.6. The highest BCUT2D eigenvalue weighted by atomic mass is 79.9. The normalized spacial score (nSPS) is 12.3. The fourth-order valence-electron chi connectivity index (χ4n) is 1.69. The predicted octanol–water partition coefficient (Wildman–Crippen LogP) is 3.48. The SMILES string of the molecule is C[Si](C)(C)CCn1c(=O)[nH]c2cc(Br)c(Cl)nc21. The number of nitrogens with zero attached hydrogens (tertiary/aromatic N) is 2. The zero-order chi connectivity index (χ0) is 13.5. The van der Waals surface area contributed by atoms with Crippen LogP contribution in [0.4, 0.5) is 0 Å². The highest BCUT2D eigenvalue weighted by molar-refractivity contribution is 9.10. The molecule has 2 heterocycles. The molecule has 18 heavy (non-hydrogen) atoms. The van der Waals surface area contributed by atoms with Crippen LogP contribution in [0.3, 0.4) is 0 Å². The number of aryl methyl sites for hydroxylation is 1. The Morgan fingerprint density at radius 2 is 2.17 bits per heavy atom. The number of aromatic amines is 1. The molecule has 0 radical (unpaired) electrons. The number of halogens is 2. The van der Waals surface area contributed by atoms with E-state index in [1.54, 1.807) is 10.6 Å². The molecule has 0 saturated heterocycles. The van der Waals surface area contributed by atoms with Crippen molar-refractivity contribution in [2.45, 2.75) is 32.2 Å². The molecule has 2 rings (SSSR count). The van der Waals surface area contributed by atoms with Crippen LogP contribution < -0.4 is 5.69 Å². The third-order valence-corrected chi connectivity index (χ3v) is 5.59. The van der Waals surface area contributed by atoms with Crippen LogP contribution in [0.1, 0.15) is 0 Å². The van der Waals surface area contributed by atoms with E-state index >= 15 is 0 Å². The van der Waals surface area contributed by atoms with E-state index in [1.807, 2.05) is 0 Å². The van der Waals surface area contributed by atoms with Gasteiger partial charge in [-0.1, -0.05) is 31.2 Å². The molecule has 98 valence electrons. The molecule has 0 spiro atoms. The van der Waals surface area contributed by atoms with Crippen LogP contribution in [-0.4, -0.2) is 22.6 Å². The Hall–Kier alpha value is -0.593. The summed E-state index contributed by atoms with van der Waals surface area (Å²) in [5.74, 6) is 0. The first-order chi connectivity index (χ1) is 8.28. The number of rotatable bonds is 3. The van der Waals surface area contributed by atoms with Crippen LogP contribution in [0.2, 0.25) is 30.8 Å². The maximum Gasteiger partial charge on any atom is 0.327 e. The van der Waals surface area contributed by atoms with Gasteiger partial charge in [0, 0.05) is 14.6 Å². The average molecular weight is 349 g/mol. The first kappa shape index (κ1) is 13.8. The largest absolute Gasteiger partial charge is 0.327 e. The van der Waals surface area contributed by atoms with Gasteiger partial charge in [0.15, 0.2) is 5.65 Å². The fourth-order valence-corrected chi connectivity index (χ4v) is 3.04. The molecule has 0 fully saturated rings. The summed E-state index contributed by atoms with van der Waals surface area (Å²) in [6.07, 6.45) is 0. The van der Waals surface area contributed by atoms with Crippen molar-refractivity contribution in [3.63, 3.8) is 0 Å². The van der Waals surface area contributed by atoms with Crippen molar-refractivity contribution in [2.24, 2.45) is 0 Å². The molecule has 2 aromatic heterocycles. The summed E-state index contributed by atoms with van der Waals surface area (Å²) in [5, 5.41) is 0.378. The van der Waals surface area contributed by atoms with E-state index < -0.39 is 8.07 Å². The van der Waals surface area contributed by atoms with Crippen LogP contribution >= 0.6 is 27.5 Å². The molecule has 0 bridgehead atoms. The van der Waals surface area contributed by atoms with E-state index in [4.69, 9.17) is 11.6 Å². The monoisotopic (exact) mass is 347 g/mol. The number of aromatic nitrogens is 3. The van der Waals surface area contributed by atoms with E-state index in [2.05, 4.69) is 45.5 Å². The molecule has 0 atom stereocenters. The Balaban J connectivity index is 2.47. The molecule has 0 aliphatic carbocycles. The lowest BCUT2D eigenvalue weighted by Gasteiger charge is -2.15. The molecule has 2 aromatic rings. The summed E-state index contributed by atoms with van der Waals surface area (Å²) < 4.78 is 2.36. The average Bonchev–Trinajstić information content (AvgIpc) is 2.51. The van der Waals surface area contributed by atoms with Gasteiger partial charge in [0.2, 0.25) is 0 Å². The third kappa shape index (κ3) is 2.87.